The van der Waals surface area contributed by atoms with Gasteiger partial charge in [0.05, 0.1) is 37.0 Å². The van der Waals surface area contributed by atoms with Crippen molar-refractivity contribution in [3.05, 3.63) is 87.9 Å². The van der Waals surface area contributed by atoms with Crippen molar-refractivity contribution >= 4 is 28.9 Å². The summed E-state index contributed by atoms with van der Waals surface area (Å²) in [6.45, 7) is 3.86. The van der Waals surface area contributed by atoms with E-state index in [-0.39, 0.29) is 24.2 Å². The topological polar surface area (TPSA) is 74.7 Å². The fourth-order valence-electron chi connectivity index (χ4n) is 4.77. The number of nitrogens with zero attached hydrogens (tertiary/aromatic N) is 4. The van der Waals surface area contributed by atoms with Gasteiger partial charge in [-0.15, -0.1) is 11.3 Å². The van der Waals surface area contributed by atoms with Gasteiger partial charge in [0.2, 0.25) is 0 Å². The lowest BCUT2D eigenvalue weighted by molar-refractivity contribution is -0.133. The van der Waals surface area contributed by atoms with E-state index in [1.165, 1.54) is 28.5 Å². The van der Waals surface area contributed by atoms with E-state index < -0.39 is 6.04 Å². The molecule has 2 amide bonds. The molecule has 0 bridgehead atoms. The van der Waals surface area contributed by atoms with Gasteiger partial charge in [0, 0.05) is 32.6 Å². The molecule has 1 unspecified atom stereocenters. The Kier molecular flexibility index (Phi) is 8.65. The average molecular weight is 551 g/mol. The van der Waals surface area contributed by atoms with Gasteiger partial charge >= 0.3 is 0 Å². The minimum Gasteiger partial charge on any atom is -0.497 e. The van der Waals surface area contributed by atoms with Crippen LogP contribution in [-0.4, -0.2) is 85.4 Å². The van der Waals surface area contributed by atoms with Gasteiger partial charge in [0.25, 0.3) is 11.8 Å². The molecule has 1 saturated heterocycles. The summed E-state index contributed by atoms with van der Waals surface area (Å²) in [5, 5.41) is 8.03. The first kappa shape index (κ1) is 27.0. The molecule has 0 N–H and O–H groups in total. The third-order valence-electron chi connectivity index (χ3n) is 6.98. The summed E-state index contributed by atoms with van der Waals surface area (Å²) in [4.78, 5) is 31.6. The Morgan fingerprint density at radius 1 is 1.10 bits per heavy atom. The number of carbonyl (C=O) groups excluding carboxylic acids is 2. The summed E-state index contributed by atoms with van der Waals surface area (Å²) in [6, 6.07) is 16.8. The number of thiophene rings is 1. The van der Waals surface area contributed by atoms with Crippen molar-refractivity contribution in [3.8, 4) is 5.75 Å². The van der Waals surface area contributed by atoms with Crippen molar-refractivity contribution in [1.29, 1.82) is 0 Å². The highest BCUT2D eigenvalue weighted by Gasteiger charge is 2.35. The number of ether oxygens (including phenoxy) is 2. The molecular formula is C29H31FN4O4S. The van der Waals surface area contributed by atoms with Crippen LogP contribution in [-0.2, 0) is 9.53 Å². The Morgan fingerprint density at radius 2 is 1.85 bits per heavy atom. The highest BCUT2D eigenvalue weighted by molar-refractivity contribution is 7.12. The second kappa shape index (κ2) is 12.5. The molecule has 0 radical (unpaired) electrons. The predicted molar refractivity (Wildman–Crippen MR) is 148 cm³/mol. The minimum atomic E-state index is -0.409. The lowest BCUT2D eigenvalue weighted by atomic mass is 9.98. The third kappa shape index (κ3) is 6.52. The van der Waals surface area contributed by atoms with Crippen LogP contribution in [0.4, 0.5) is 4.39 Å². The quantitative estimate of drug-likeness (QED) is 0.402. The molecule has 1 aromatic heterocycles. The number of hydrogen-bond acceptors (Lipinski definition) is 7. The largest absolute Gasteiger partial charge is 0.497 e. The monoisotopic (exact) mass is 550 g/mol. The van der Waals surface area contributed by atoms with Gasteiger partial charge in [-0.25, -0.2) is 9.40 Å². The zero-order chi connectivity index (χ0) is 27.2. The van der Waals surface area contributed by atoms with Crippen LogP contribution in [0.15, 0.2) is 71.1 Å². The molecule has 0 aliphatic carbocycles. The SMILES string of the molecule is COc1ccc(C2=NN(C(=O)CN(CCN3CCOCC3)C(=O)c3cccs3)C(c3ccc(F)cc3)C2)cc1. The van der Waals surface area contributed by atoms with Crippen LogP contribution in [0.5, 0.6) is 5.75 Å². The minimum absolute atomic E-state index is 0.113. The van der Waals surface area contributed by atoms with Gasteiger partial charge in [-0.2, -0.15) is 5.10 Å². The number of halogens is 1. The summed E-state index contributed by atoms with van der Waals surface area (Å²) >= 11 is 1.36. The standard InChI is InChI=1S/C29H31FN4O4S/c1-37-24-10-6-21(7-11-24)25-19-26(22-4-8-23(30)9-5-22)34(31-25)28(35)20-33(29(36)27-3-2-18-39-27)13-12-32-14-16-38-17-15-32/h2-11,18,26H,12-17,19-20H2,1H3. The van der Waals surface area contributed by atoms with E-state index in [1.54, 1.807) is 30.2 Å². The molecule has 0 saturated carbocycles. The maximum absolute atomic E-state index is 13.8. The molecule has 5 rings (SSSR count). The van der Waals surface area contributed by atoms with Gasteiger partial charge < -0.3 is 14.4 Å². The highest BCUT2D eigenvalue weighted by Crippen LogP contribution is 2.33. The summed E-state index contributed by atoms with van der Waals surface area (Å²) in [5.41, 5.74) is 2.39. The molecule has 2 aliphatic heterocycles. The van der Waals surface area contributed by atoms with E-state index in [4.69, 9.17) is 14.6 Å². The summed E-state index contributed by atoms with van der Waals surface area (Å²) < 4.78 is 24.4. The van der Waals surface area contributed by atoms with Crippen LogP contribution in [0, 0.1) is 5.82 Å². The Morgan fingerprint density at radius 3 is 2.51 bits per heavy atom. The molecule has 0 spiro atoms. The van der Waals surface area contributed by atoms with Crippen LogP contribution < -0.4 is 4.74 Å². The first-order chi connectivity index (χ1) is 19.0. The lowest BCUT2D eigenvalue weighted by Gasteiger charge is -2.31. The van der Waals surface area contributed by atoms with Crippen LogP contribution in [0.1, 0.15) is 33.3 Å². The molecule has 1 atom stereocenters. The normalized spacial score (nSPS) is 17.6. The van der Waals surface area contributed by atoms with Crippen molar-refractivity contribution in [2.75, 3.05) is 53.0 Å². The molecule has 3 aromatic rings. The fourth-order valence-corrected chi connectivity index (χ4v) is 5.46. The van der Waals surface area contributed by atoms with Crippen LogP contribution in [0.3, 0.4) is 0 Å². The number of amides is 2. The molecule has 2 aliphatic rings. The Hall–Kier alpha value is -3.60. The van der Waals surface area contributed by atoms with Gasteiger partial charge in [0.15, 0.2) is 0 Å². The van der Waals surface area contributed by atoms with E-state index in [9.17, 15) is 14.0 Å². The number of benzene rings is 2. The first-order valence-electron chi connectivity index (χ1n) is 12.9. The van der Waals surface area contributed by atoms with Gasteiger partial charge in [-0.05, 0) is 59.0 Å². The maximum Gasteiger partial charge on any atom is 0.264 e. The number of carbonyl (C=O) groups is 2. The summed E-state index contributed by atoms with van der Waals surface area (Å²) in [7, 11) is 1.61. The molecule has 10 heteroatoms. The van der Waals surface area contributed by atoms with Crippen molar-refractivity contribution in [1.82, 2.24) is 14.8 Å². The molecule has 1 fully saturated rings. The van der Waals surface area contributed by atoms with Gasteiger partial charge in [0.1, 0.15) is 18.1 Å². The number of hydrogen-bond donors (Lipinski definition) is 0. The average Bonchev–Trinajstić information content (AvgIpc) is 3.67. The summed E-state index contributed by atoms with van der Waals surface area (Å²) in [6.07, 6.45) is 0.469. The van der Waals surface area contributed by atoms with Gasteiger partial charge in [-0.1, -0.05) is 18.2 Å². The lowest BCUT2D eigenvalue weighted by Crippen LogP contribution is -2.46. The van der Waals surface area contributed by atoms with Crippen LogP contribution in [0.2, 0.25) is 0 Å². The summed E-state index contributed by atoms with van der Waals surface area (Å²) in [5.74, 6) is -0.0895. The van der Waals surface area contributed by atoms with Crippen molar-refractivity contribution in [2.24, 2.45) is 5.10 Å². The van der Waals surface area contributed by atoms with Crippen molar-refractivity contribution < 1.29 is 23.5 Å². The zero-order valence-electron chi connectivity index (χ0n) is 21.8. The van der Waals surface area contributed by atoms with E-state index in [2.05, 4.69) is 4.90 Å². The molecule has 204 valence electrons. The van der Waals surface area contributed by atoms with Crippen molar-refractivity contribution in [3.63, 3.8) is 0 Å². The zero-order valence-corrected chi connectivity index (χ0v) is 22.6. The maximum atomic E-state index is 13.8. The Bertz CT molecular complexity index is 1290. The Labute approximate surface area is 231 Å². The Balaban J connectivity index is 1.39. The van der Waals surface area contributed by atoms with Gasteiger partial charge in [-0.3, -0.25) is 14.5 Å². The molecule has 2 aromatic carbocycles. The predicted octanol–water partition coefficient (Wildman–Crippen LogP) is 4.05. The molecule has 39 heavy (non-hydrogen) atoms. The van der Waals surface area contributed by atoms with Crippen LogP contribution in [0.25, 0.3) is 0 Å². The molecule has 3 heterocycles. The first-order valence-corrected chi connectivity index (χ1v) is 13.8. The number of rotatable bonds is 9. The smallest absolute Gasteiger partial charge is 0.264 e. The van der Waals surface area contributed by atoms with E-state index in [1.807, 2.05) is 35.7 Å². The second-order valence-corrected chi connectivity index (χ2v) is 10.4. The molecule has 8 nitrogen and oxygen atoms in total. The second-order valence-electron chi connectivity index (χ2n) is 9.44. The fraction of sp³-hybridized carbons (Fsp3) is 0.345. The number of methoxy groups -OCH3 is 1. The molecular weight excluding hydrogens is 519 g/mol. The van der Waals surface area contributed by atoms with Crippen molar-refractivity contribution in [2.45, 2.75) is 12.5 Å². The van der Waals surface area contributed by atoms with E-state index >= 15 is 0 Å². The highest BCUT2D eigenvalue weighted by atomic mass is 32.1. The van der Waals surface area contributed by atoms with Crippen LogP contribution >= 0.6 is 11.3 Å². The van der Waals surface area contributed by atoms with E-state index in [0.29, 0.717) is 37.6 Å². The van der Waals surface area contributed by atoms with E-state index in [0.717, 1.165) is 35.7 Å². The third-order valence-corrected chi connectivity index (χ3v) is 7.84. The number of hydrazone groups is 1. The number of morpholine rings is 1.